The van der Waals surface area contributed by atoms with Crippen molar-refractivity contribution in [3.8, 4) is 5.75 Å². The first-order chi connectivity index (χ1) is 9.49. The van der Waals surface area contributed by atoms with Crippen molar-refractivity contribution in [3.63, 3.8) is 0 Å². The van der Waals surface area contributed by atoms with Crippen LogP contribution < -0.4 is 4.74 Å². The van der Waals surface area contributed by atoms with Crippen molar-refractivity contribution in [1.29, 1.82) is 0 Å². The Hall–Kier alpha value is -1.22. The zero-order valence-electron chi connectivity index (χ0n) is 11.4. The molecule has 4 heteroatoms. The van der Waals surface area contributed by atoms with Crippen LogP contribution in [-0.2, 0) is 6.61 Å². The van der Waals surface area contributed by atoms with Crippen LogP contribution in [0.5, 0.6) is 5.75 Å². The molecule has 1 unspecified atom stereocenters. The van der Waals surface area contributed by atoms with Gasteiger partial charge in [-0.2, -0.15) is 0 Å². The van der Waals surface area contributed by atoms with Crippen LogP contribution in [0, 0.1) is 6.92 Å². The van der Waals surface area contributed by atoms with Crippen LogP contribution in [0.1, 0.15) is 29.7 Å². The molecule has 0 spiro atoms. The summed E-state index contributed by atoms with van der Waals surface area (Å²) in [6.07, 6.45) is -0.481. The highest BCUT2D eigenvalue weighted by Crippen LogP contribution is 2.28. The van der Waals surface area contributed by atoms with E-state index in [-0.39, 0.29) is 0 Å². The Morgan fingerprint density at radius 1 is 1.20 bits per heavy atom. The number of aryl methyl sites for hydroxylation is 1. The smallest absolute Gasteiger partial charge is 0.122 e. The Balaban J connectivity index is 2.13. The van der Waals surface area contributed by atoms with Crippen molar-refractivity contribution in [3.05, 3.63) is 63.1 Å². The van der Waals surface area contributed by atoms with Crippen molar-refractivity contribution >= 4 is 23.2 Å². The number of benzene rings is 2. The van der Waals surface area contributed by atoms with Crippen molar-refractivity contribution < 1.29 is 9.84 Å². The number of halogens is 2. The highest BCUT2D eigenvalue weighted by molar-refractivity contribution is 6.42. The summed E-state index contributed by atoms with van der Waals surface area (Å²) >= 11 is 12.1. The summed E-state index contributed by atoms with van der Waals surface area (Å²) in [5.74, 6) is 0.769. The van der Waals surface area contributed by atoms with Gasteiger partial charge < -0.3 is 9.84 Å². The molecular formula is C16H16Cl2O2. The SMILES string of the molecule is Cc1cc(C(C)O)ccc1OCc1cccc(Cl)c1Cl. The first-order valence-corrected chi connectivity index (χ1v) is 7.09. The van der Waals surface area contributed by atoms with Gasteiger partial charge >= 0.3 is 0 Å². The van der Waals surface area contributed by atoms with Gasteiger partial charge in [-0.25, -0.2) is 0 Å². The van der Waals surface area contributed by atoms with E-state index in [0.29, 0.717) is 16.7 Å². The Kier molecular flexibility index (Phi) is 4.92. The highest BCUT2D eigenvalue weighted by atomic mass is 35.5. The molecule has 2 aromatic rings. The van der Waals surface area contributed by atoms with Crippen molar-refractivity contribution in [2.24, 2.45) is 0 Å². The van der Waals surface area contributed by atoms with E-state index in [4.69, 9.17) is 27.9 Å². The average molecular weight is 311 g/mol. The second-order valence-electron chi connectivity index (χ2n) is 4.70. The van der Waals surface area contributed by atoms with Gasteiger partial charge in [0.05, 0.1) is 16.1 Å². The maximum atomic E-state index is 9.54. The fraction of sp³-hybridized carbons (Fsp3) is 0.250. The van der Waals surface area contributed by atoms with Crippen molar-refractivity contribution in [1.82, 2.24) is 0 Å². The molecule has 2 nitrogen and oxygen atoms in total. The van der Waals surface area contributed by atoms with Crippen molar-refractivity contribution in [2.45, 2.75) is 26.6 Å². The summed E-state index contributed by atoms with van der Waals surface area (Å²) in [5.41, 5.74) is 2.69. The van der Waals surface area contributed by atoms with Gasteiger partial charge in [0.2, 0.25) is 0 Å². The number of aliphatic hydroxyl groups is 1. The maximum Gasteiger partial charge on any atom is 0.122 e. The molecule has 1 atom stereocenters. The third-order valence-electron chi connectivity index (χ3n) is 3.10. The Morgan fingerprint density at radius 3 is 2.60 bits per heavy atom. The summed E-state index contributed by atoms with van der Waals surface area (Å²) in [7, 11) is 0. The first kappa shape index (κ1) is 15.2. The Morgan fingerprint density at radius 2 is 1.95 bits per heavy atom. The fourth-order valence-corrected chi connectivity index (χ4v) is 2.28. The van der Waals surface area contributed by atoms with Crippen LogP contribution in [-0.4, -0.2) is 5.11 Å². The number of ether oxygens (including phenoxy) is 1. The molecule has 2 aromatic carbocycles. The number of hydrogen-bond acceptors (Lipinski definition) is 2. The molecule has 20 heavy (non-hydrogen) atoms. The molecule has 0 aliphatic rings. The monoisotopic (exact) mass is 310 g/mol. The number of hydrogen-bond donors (Lipinski definition) is 1. The third-order valence-corrected chi connectivity index (χ3v) is 3.95. The lowest BCUT2D eigenvalue weighted by atomic mass is 10.1. The molecule has 0 saturated heterocycles. The predicted molar refractivity (Wildman–Crippen MR) is 82.6 cm³/mol. The molecule has 2 rings (SSSR count). The maximum absolute atomic E-state index is 9.54. The van der Waals surface area contributed by atoms with Crippen LogP contribution >= 0.6 is 23.2 Å². The minimum absolute atomic E-state index is 0.355. The first-order valence-electron chi connectivity index (χ1n) is 6.33. The van der Waals surface area contributed by atoms with Crippen LogP contribution in [0.2, 0.25) is 10.0 Å². The van der Waals surface area contributed by atoms with E-state index in [1.807, 2.05) is 37.3 Å². The molecule has 0 fully saturated rings. The zero-order chi connectivity index (χ0) is 14.7. The third kappa shape index (κ3) is 3.45. The van der Waals surface area contributed by atoms with Gasteiger partial charge in [-0.3, -0.25) is 0 Å². The van der Waals surface area contributed by atoms with Gasteiger partial charge in [0.25, 0.3) is 0 Å². The summed E-state index contributed by atoms with van der Waals surface area (Å²) in [6.45, 7) is 4.04. The minimum Gasteiger partial charge on any atom is -0.489 e. The van der Waals surface area contributed by atoms with E-state index < -0.39 is 6.10 Å². The van der Waals surface area contributed by atoms with E-state index in [2.05, 4.69) is 0 Å². The quantitative estimate of drug-likeness (QED) is 0.867. The summed E-state index contributed by atoms with van der Waals surface area (Å²) in [5, 5.41) is 10.6. The lowest BCUT2D eigenvalue weighted by Gasteiger charge is -2.13. The molecular weight excluding hydrogens is 295 g/mol. The van der Waals surface area contributed by atoms with E-state index in [1.165, 1.54) is 0 Å². The lowest BCUT2D eigenvalue weighted by Crippen LogP contribution is -1.99. The number of rotatable bonds is 4. The molecule has 0 saturated carbocycles. The molecule has 0 radical (unpaired) electrons. The van der Waals surface area contributed by atoms with Crippen LogP contribution in [0.3, 0.4) is 0 Å². The average Bonchev–Trinajstić information content (AvgIpc) is 2.41. The fourth-order valence-electron chi connectivity index (χ4n) is 1.91. The highest BCUT2D eigenvalue weighted by Gasteiger charge is 2.08. The van der Waals surface area contributed by atoms with E-state index >= 15 is 0 Å². The Labute approximate surface area is 128 Å². The molecule has 0 amide bonds. The molecule has 1 N–H and O–H groups in total. The Bertz CT molecular complexity index is 609. The van der Waals surface area contributed by atoms with Gasteiger partial charge in [-0.1, -0.05) is 41.4 Å². The zero-order valence-corrected chi connectivity index (χ0v) is 12.9. The largest absolute Gasteiger partial charge is 0.489 e. The summed E-state index contributed by atoms with van der Waals surface area (Å²) in [4.78, 5) is 0. The van der Waals surface area contributed by atoms with E-state index in [0.717, 1.165) is 22.4 Å². The van der Waals surface area contributed by atoms with E-state index in [9.17, 15) is 5.11 Å². The normalized spacial score (nSPS) is 12.2. The van der Waals surface area contributed by atoms with E-state index in [1.54, 1.807) is 13.0 Å². The van der Waals surface area contributed by atoms with Gasteiger partial charge in [0, 0.05) is 5.56 Å². The summed E-state index contributed by atoms with van der Waals surface area (Å²) < 4.78 is 5.77. The molecule has 0 aromatic heterocycles. The second-order valence-corrected chi connectivity index (χ2v) is 5.49. The standard InChI is InChI=1S/C16H16Cl2O2/c1-10-8-12(11(2)19)6-7-15(10)20-9-13-4-3-5-14(17)16(13)18/h3-8,11,19H,9H2,1-2H3. The van der Waals surface area contributed by atoms with Gasteiger partial charge in [0.15, 0.2) is 0 Å². The molecule has 0 heterocycles. The number of aliphatic hydroxyl groups excluding tert-OH is 1. The molecule has 0 aliphatic heterocycles. The topological polar surface area (TPSA) is 29.5 Å². The minimum atomic E-state index is -0.481. The predicted octanol–water partition coefficient (Wildman–Crippen LogP) is 4.93. The van der Waals surface area contributed by atoms with Gasteiger partial charge in [0.1, 0.15) is 12.4 Å². The molecule has 106 valence electrons. The van der Waals surface area contributed by atoms with Crippen LogP contribution in [0.4, 0.5) is 0 Å². The lowest BCUT2D eigenvalue weighted by molar-refractivity contribution is 0.199. The van der Waals surface area contributed by atoms with Crippen LogP contribution in [0.15, 0.2) is 36.4 Å². The van der Waals surface area contributed by atoms with Gasteiger partial charge in [-0.05, 0) is 43.2 Å². The molecule has 0 aliphatic carbocycles. The molecule has 0 bridgehead atoms. The van der Waals surface area contributed by atoms with Crippen LogP contribution in [0.25, 0.3) is 0 Å². The van der Waals surface area contributed by atoms with Crippen molar-refractivity contribution in [2.75, 3.05) is 0 Å². The second kappa shape index (κ2) is 6.49. The summed E-state index contributed by atoms with van der Waals surface area (Å²) in [6, 6.07) is 11.1. The van der Waals surface area contributed by atoms with Gasteiger partial charge in [-0.15, -0.1) is 0 Å².